The molecule has 0 atom stereocenters. The number of rotatable bonds is 3. The van der Waals surface area contributed by atoms with E-state index in [1.165, 1.54) is 24.0 Å². The summed E-state index contributed by atoms with van der Waals surface area (Å²) in [5.41, 5.74) is 3.79. The lowest BCUT2D eigenvalue weighted by Crippen LogP contribution is -2.36. The third-order valence-electron chi connectivity index (χ3n) is 4.88. The highest BCUT2D eigenvalue weighted by Gasteiger charge is 2.23. The topological polar surface area (TPSA) is 32.3 Å². The first-order valence-electron chi connectivity index (χ1n) is 8.34. The molecule has 1 fully saturated rings. The Morgan fingerprint density at radius 2 is 2.09 bits per heavy atom. The summed E-state index contributed by atoms with van der Waals surface area (Å²) in [6, 6.07) is 6.49. The van der Waals surface area contributed by atoms with Crippen molar-refractivity contribution in [3.05, 3.63) is 29.3 Å². The Morgan fingerprint density at radius 3 is 2.86 bits per heavy atom. The van der Waals surface area contributed by atoms with E-state index >= 15 is 0 Å². The number of carbonyl (C=O) groups is 1. The molecular weight excluding hydrogens is 296 g/mol. The monoisotopic (exact) mass is 322 g/mol. The summed E-state index contributed by atoms with van der Waals surface area (Å²) in [4.78, 5) is 14.6. The zero-order valence-corrected chi connectivity index (χ0v) is 14.3. The number of anilines is 1. The molecule has 1 aromatic rings. The predicted octanol–water partition coefficient (Wildman–Crippen LogP) is 3.48. The molecule has 1 amide bonds. The van der Waals surface area contributed by atoms with Crippen molar-refractivity contribution in [2.75, 3.05) is 24.5 Å². The molecule has 0 spiro atoms. The minimum atomic E-state index is 0. The second-order valence-corrected chi connectivity index (χ2v) is 6.51. The molecule has 1 aromatic carbocycles. The minimum absolute atomic E-state index is 0. The van der Waals surface area contributed by atoms with Gasteiger partial charge in [0, 0.05) is 18.7 Å². The summed E-state index contributed by atoms with van der Waals surface area (Å²) in [6.07, 6.45) is 6.41. The highest BCUT2D eigenvalue weighted by Crippen LogP contribution is 2.29. The van der Waals surface area contributed by atoms with Gasteiger partial charge in [-0.3, -0.25) is 4.79 Å². The fourth-order valence-corrected chi connectivity index (χ4v) is 3.62. The van der Waals surface area contributed by atoms with Crippen LogP contribution >= 0.6 is 12.4 Å². The van der Waals surface area contributed by atoms with Crippen LogP contribution in [0, 0.1) is 12.8 Å². The molecule has 1 saturated heterocycles. The van der Waals surface area contributed by atoms with E-state index in [1.54, 1.807) is 0 Å². The maximum absolute atomic E-state index is 12.6. The van der Waals surface area contributed by atoms with Gasteiger partial charge < -0.3 is 10.2 Å². The van der Waals surface area contributed by atoms with Gasteiger partial charge in [-0.1, -0.05) is 17.7 Å². The van der Waals surface area contributed by atoms with Crippen LogP contribution < -0.4 is 10.2 Å². The number of benzene rings is 1. The van der Waals surface area contributed by atoms with Crippen LogP contribution in [0.15, 0.2) is 18.2 Å². The number of hydrogen-bond donors (Lipinski definition) is 1. The largest absolute Gasteiger partial charge is 0.317 e. The van der Waals surface area contributed by atoms with E-state index in [4.69, 9.17) is 0 Å². The number of piperidine rings is 1. The summed E-state index contributed by atoms with van der Waals surface area (Å²) >= 11 is 0. The van der Waals surface area contributed by atoms with Crippen LogP contribution in [-0.4, -0.2) is 25.5 Å². The molecule has 122 valence electrons. The fraction of sp³-hybridized carbons (Fsp3) is 0.611. The van der Waals surface area contributed by atoms with Crippen molar-refractivity contribution >= 4 is 24.0 Å². The summed E-state index contributed by atoms with van der Waals surface area (Å²) in [5, 5.41) is 3.39. The molecule has 0 radical (unpaired) electrons. The van der Waals surface area contributed by atoms with Crippen LogP contribution in [0.1, 0.15) is 43.2 Å². The maximum Gasteiger partial charge on any atom is 0.226 e. The van der Waals surface area contributed by atoms with Gasteiger partial charge in [-0.15, -0.1) is 12.4 Å². The average Bonchev–Trinajstić information content (AvgIpc) is 2.52. The third kappa shape index (κ3) is 4.02. The van der Waals surface area contributed by atoms with E-state index in [2.05, 4.69) is 30.4 Å². The lowest BCUT2D eigenvalue weighted by molar-refractivity contribution is -0.119. The highest BCUT2D eigenvalue weighted by molar-refractivity contribution is 5.94. The first-order valence-corrected chi connectivity index (χ1v) is 8.34. The molecule has 0 aromatic heterocycles. The Hall–Kier alpha value is -1.06. The minimum Gasteiger partial charge on any atom is -0.317 e. The molecule has 3 nitrogen and oxygen atoms in total. The molecule has 22 heavy (non-hydrogen) atoms. The Morgan fingerprint density at radius 1 is 1.32 bits per heavy atom. The quantitative estimate of drug-likeness (QED) is 0.924. The Kier molecular flexibility index (Phi) is 6.27. The number of nitrogens with zero attached hydrogens (tertiary/aromatic N) is 1. The number of halogens is 1. The van der Waals surface area contributed by atoms with Crippen LogP contribution in [0.3, 0.4) is 0 Å². The van der Waals surface area contributed by atoms with Gasteiger partial charge in [-0.25, -0.2) is 0 Å². The standard InChI is InChI=1S/C18H26N2O.ClH/c1-14-4-6-17-16(13-14)3-2-12-20(17)18(21)7-5-15-8-10-19-11-9-15;/h4,6,13,15,19H,2-3,5,7-12H2,1H3;1H. The molecule has 4 heteroatoms. The second kappa shape index (κ2) is 7.98. The Bertz CT molecular complexity index is 512. The maximum atomic E-state index is 12.6. The van der Waals surface area contributed by atoms with Crippen LogP contribution in [-0.2, 0) is 11.2 Å². The number of carbonyl (C=O) groups excluding carboxylic acids is 1. The van der Waals surface area contributed by atoms with Gasteiger partial charge in [0.05, 0.1) is 0 Å². The number of amides is 1. The van der Waals surface area contributed by atoms with E-state index in [0.717, 1.165) is 50.5 Å². The summed E-state index contributed by atoms with van der Waals surface area (Å²) in [7, 11) is 0. The molecule has 0 bridgehead atoms. The van der Waals surface area contributed by atoms with E-state index < -0.39 is 0 Å². The lowest BCUT2D eigenvalue weighted by Gasteiger charge is -2.30. The molecule has 2 aliphatic rings. The van der Waals surface area contributed by atoms with E-state index in [0.29, 0.717) is 12.3 Å². The first-order chi connectivity index (χ1) is 10.2. The van der Waals surface area contributed by atoms with Gasteiger partial charge in [0.25, 0.3) is 0 Å². The highest BCUT2D eigenvalue weighted by atomic mass is 35.5. The molecule has 1 N–H and O–H groups in total. The molecule has 2 heterocycles. The van der Waals surface area contributed by atoms with Crippen LogP contribution in [0.25, 0.3) is 0 Å². The third-order valence-corrected chi connectivity index (χ3v) is 4.88. The van der Waals surface area contributed by atoms with Crippen molar-refractivity contribution < 1.29 is 4.79 Å². The van der Waals surface area contributed by atoms with Gasteiger partial charge in [-0.2, -0.15) is 0 Å². The molecule has 3 rings (SSSR count). The lowest BCUT2D eigenvalue weighted by atomic mass is 9.92. The van der Waals surface area contributed by atoms with Gasteiger partial charge in [0.2, 0.25) is 5.91 Å². The Labute approximate surface area is 139 Å². The first kappa shape index (κ1) is 17.3. The Balaban J connectivity index is 0.00000176. The van der Waals surface area contributed by atoms with E-state index in [-0.39, 0.29) is 12.4 Å². The zero-order chi connectivity index (χ0) is 14.7. The fourth-order valence-electron chi connectivity index (χ4n) is 3.62. The van der Waals surface area contributed by atoms with Crippen LogP contribution in [0.2, 0.25) is 0 Å². The molecular formula is C18H27ClN2O. The number of aryl methyl sites for hydroxylation is 2. The average molecular weight is 323 g/mol. The van der Waals surface area contributed by atoms with Crippen molar-refractivity contribution in [3.8, 4) is 0 Å². The van der Waals surface area contributed by atoms with Crippen molar-refractivity contribution in [2.45, 2.75) is 45.4 Å². The van der Waals surface area contributed by atoms with Crippen molar-refractivity contribution in [1.82, 2.24) is 5.32 Å². The smallest absolute Gasteiger partial charge is 0.226 e. The normalized spacial score (nSPS) is 18.5. The van der Waals surface area contributed by atoms with E-state index in [1.807, 2.05) is 4.90 Å². The van der Waals surface area contributed by atoms with Crippen molar-refractivity contribution in [1.29, 1.82) is 0 Å². The van der Waals surface area contributed by atoms with Gasteiger partial charge >= 0.3 is 0 Å². The second-order valence-electron chi connectivity index (χ2n) is 6.51. The molecule has 0 aliphatic carbocycles. The molecule has 0 saturated carbocycles. The van der Waals surface area contributed by atoms with Crippen molar-refractivity contribution in [3.63, 3.8) is 0 Å². The summed E-state index contributed by atoms with van der Waals surface area (Å²) in [6.45, 7) is 5.24. The van der Waals surface area contributed by atoms with Gasteiger partial charge in [-0.05, 0) is 69.7 Å². The molecule has 2 aliphatic heterocycles. The number of hydrogen-bond acceptors (Lipinski definition) is 2. The SMILES string of the molecule is Cc1ccc2c(c1)CCCN2C(=O)CCC1CCNCC1.Cl. The van der Waals surface area contributed by atoms with Crippen molar-refractivity contribution in [2.24, 2.45) is 5.92 Å². The number of fused-ring (bicyclic) bond motifs is 1. The van der Waals surface area contributed by atoms with Crippen LogP contribution in [0.5, 0.6) is 0 Å². The predicted molar refractivity (Wildman–Crippen MR) is 93.9 cm³/mol. The molecule has 0 unspecified atom stereocenters. The van der Waals surface area contributed by atoms with E-state index in [9.17, 15) is 4.79 Å². The summed E-state index contributed by atoms with van der Waals surface area (Å²) < 4.78 is 0. The van der Waals surface area contributed by atoms with Crippen LogP contribution in [0.4, 0.5) is 5.69 Å². The van der Waals surface area contributed by atoms with Gasteiger partial charge in [0.1, 0.15) is 0 Å². The summed E-state index contributed by atoms with van der Waals surface area (Å²) in [5.74, 6) is 1.05. The number of nitrogens with one attached hydrogen (secondary N) is 1. The van der Waals surface area contributed by atoms with Gasteiger partial charge in [0.15, 0.2) is 0 Å². The zero-order valence-electron chi connectivity index (χ0n) is 13.4.